The highest BCUT2D eigenvalue weighted by molar-refractivity contribution is 5.68. The van der Waals surface area contributed by atoms with Crippen LogP contribution in [0.5, 0.6) is 0 Å². The number of aromatic nitrogens is 3. The third kappa shape index (κ3) is 4.16. The zero-order valence-corrected chi connectivity index (χ0v) is 12.4. The van der Waals surface area contributed by atoms with Crippen LogP contribution in [0.2, 0.25) is 0 Å². The number of hydrogen-bond donors (Lipinski definition) is 2. The lowest BCUT2D eigenvalue weighted by molar-refractivity contribution is -0.00245. The van der Waals surface area contributed by atoms with Gasteiger partial charge in [0.05, 0.1) is 19.4 Å². The van der Waals surface area contributed by atoms with Crippen LogP contribution in [0.3, 0.4) is 0 Å². The maximum Gasteiger partial charge on any atom is 0.137 e. The Balaban J connectivity index is 2.37. The quantitative estimate of drug-likeness (QED) is 0.588. The van der Waals surface area contributed by atoms with Crippen molar-refractivity contribution in [2.75, 3.05) is 13.6 Å². The van der Waals surface area contributed by atoms with Gasteiger partial charge in [-0.25, -0.2) is 23.4 Å². The van der Waals surface area contributed by atoms with E-state index in [0.29, 0.717) is 6.07 Å². The summed E-state index contributed by atoms with van der Waals surface area (Å²) >= 11 is 0. The van der Waals surface area contributed by atoms with Crippen LogP contribution in [-0.4, -0.2) is 51.0 Å². The van der Waals surface area contributed by atoms with Crippen molar-refractivity contribution in [3.05, 3.63) is 48.1 Å². The molecule has 1 aromatic carbocycles. The van der Waals surface area contributed by atoms with Crippen molar-refractivity contribution < 1.29 is 13.9 Å². The van der Waals surface area contributed by atoms with Gasteiger partial charge in [-0.3, -0.25) is 5.41 Å². The van der Waals surface area contributed by atoms with Crippen LogP contribution in [0.1, 0.15) is 5.56 Å². The summed E-state index contributed by atoms with van der Waals surface area (Å²) in [6.45, 7) is -0.134. The summed E-state index contributed by atoms with van der Waals surface area (Å²) in [5.41, 5.74) is -1.77. The second-order valence-corrected chi connectivity index (χ2v) is 5.06. The second kappa shape index (κ2) is 7.05. The highest BCUT2D eigenvalue weighted by atomic mass is 19.1. The minimum atomic E-state index is -1.70. The number of nitrogens with zero attached hydrogens (tertiary/aromatic N) is 5. The van der Waals surface area contributed by atoms with E-state index >= 15 is 0 Å². The lowest BCUT2D eigenvalue weighted by Crippen LogP contribution is -2.43. The minimum absolute atomic E-state index is 0.0489. The van der Waals surface area contributed by atoms with E-state index in [1.807, 2.05) is 0 Å². The largest absolute Gasteiger partial charge is 0.381 e. The molecule has 1 atom stereocenters. The number of rotatable bonds is 7. The molecule has 23 heavy (non-hydrogen) atoms. The van der Waals surface area contributed by atoms with Crippen molar-refractivity contribution in [2.45, 2.75) is 12.1 Å². The van der Waals surface area contributed by atoms with Gasteiger partial charge in [-0.1, -0.05) is 6.07 Å². The third-order valence-electron chi connectivity index (χ3n) is 3.17. The van der Waals surface area contributed by atoms with Gasteiger partial charge in [0.15, 0.2) is 0 Å². The molecule has 0 saturated carbocycles. The Morgan fingerprint density at radius 2 is 2.26 bits per heavy atom. The fourth-order valence-electron chi connectivity index (χ4n) is 2.27. The van der Waals surface area contributed by atoms with E-state index in [2.05, 4.69) is 15.1 Å². The van der Waals surface area contributed by atoms with E-state index in [0.717, 1.165) is 12.4 Å². The van der Waals surface area contributed by atoms with Crippen LogP contribution in [0.15, 0.2) is 35.8 Å². The summed E-state index contributed by atoms with van der Waals surface area (Å²) in [4.78, 5) is 8.90. The normalized spacial score (nSPS) is 13.9. The van der Waals surface area contributed by atoms with Crippen molar-refractivity contribution in [1.29, 1.82) is 5.41 Å². The fraction of sp³-hybridized carbons (Fsp3) is 0.286. The fourth-order valence-corrected chi connectivity index (χ4v) is 2.27. The van der Waals surface area contributed by atoms with Crippen LogP contribution in [0.25, 0.3) is 0 Å². The Bertz CT molecular complexity index is 691. The van der Waals surface area contributed by atoms with Crippen LogP contribution in [0, 0.1) is 17.0 Å². The molecule has 2 aromatic rings. The molecule has 1 heterocycles. The molecule has 2 rings (SSSR count). The van der Waals surface area contributed by atoms with E-state index in [9.17, 15) is 13.9 Å². The molecule has 1 aromatic heterocycles. The molecule has 0 fully saturated rings. The van der Waals surface area contributed by atoms with Gasteiger partial charge in [0.2, 0.25) is 0 Å². The third-order valence-corrected chi connectivity index (χ3v) is 3.17. The van der Waals surface area contributed by atoms with Gasteiger partial charge in [0.25, 0.3) is 0 Å². The molecule has 0 aliphatic carbocycles. The number of benzene rings is 1. The Hall–Kier alpha value is -2.68. The van der Waals surface area contributed by atoms with Gasteiger partial charge in [0.1, 0.15) is 36.2 Å². The van der Waals surface area contributed by atoms with E-state index < -0.39 is 17.2 Å². The molecule has 0 aliphatic rings. The molecule has 122 valence electrons. The summed E-state index contributed by atoms with van der Waals surface area (Å²) < 4.78 is 28.6. The average molecular weight is 322 g/mol. The smallest absolute Gasteiger partial charge is 0.137 e. The SMILES string of the molecule is CN(C=NC=N)CC(O)(Cn1cncn1)c1ccc(F)cc1F. The topological polar surface area (TPSA) is 90.4 Å². The molecule has 7 nitrogen and oxygen atoms in total. The van der Waals surface area contributed by atoms with Gasteiger partial charge in [-0.15, -0.1) is 0 Å². The molecule has 0 amide bonds. The van der Waals surface area contributed by atoms with E-state index in [-0.39, 0.29) is 18.7 Å². The number of nitrogens with one attached hydrogen (secondary N) is 1. The first-order valence-corrected chi connectivity index (χ1v) is 6.67. The summed E-state index contributed by atoms with van der Waals surface area (Å²) in [6.07, 6.45) is 4.84. The van der Waals surface area contributed by atoms with Gasteiger partial charge in [-0.05, 0) is 6.07 Å². The summed E-state index contributed by atoms with van der Waals surface area (Å²) in [5, 5.41) is 21.8. The van der Waals surface area contributed by atoms with Gasteiger partial charge in [-0.2, -0.15) is 5.10 Å². The summed E-state index contributed by atoms with van der Waals surface area (Å²) in [7, 11) is 1.61. The van der Waals surface area contributed by atoms with E-state index in [1.54, 1.807) is 7.05 Å². The van der Waals surface area contributed by atoms with Crippen LogP contribution >= 0.6 is 0 Å². The van der Waals surface area contributed by atoms with E-state index in [4.69, 9.17) is 5.41 Å². The Morgan fingerprint density at radius 1 is 1.48 bits per heavy atom. The lowest BCUT2D eigenvalue weighted by Gasteiger charge is -2.32. The molecular formula is C14H16F2N6O. The van der Waals surface area contributed by atoms with Gasteiger partial charge < -0.3 is 10.0 Å². The van der Waals surface area contributed by atoms with Crippen molar-refractivity contribution in [3.8, 4) is 0 Å². The van der Waals surface area contributed by atoms with Crippen LogP contribution < -0.4 is 0 Å². The number of halogens is 2. The van der Waals surface area contributed by atoms with Gasteiger partial charge in [0, 0.05) is 18.7 Å². The van der Waals surface area contributed by atoms with Crippen molar-refractivity contribution in [3.63, 3.8) is 0 Å². The predicted molar refractivity (Wildman–Crippen MR) is 80.2 cm³/mol. The molecule has 0 aliphatic heterocycles. The van der Waals surface area contributed by atoms with Crippen molar-refractivity contribution in [2.24, 2.45) is 4.99 Å². The van der Waals surface area contributed by atoms with Crippen molar-refractivity contribution >= 4 is 12.7 Å². The number of hydrogen-bond acceptors (Lipinski definition) is 4. The molecule has 1 unspecified atom stereocenters. The molecular weight excluding hydrogens is 306 g/mol. The molecule has 0 spiro atoms. The average Bonchev–Trinajstić information content (AvgIpc) is 2.97. The Labute approximate surface area is 131 Å². The monoisotopic (exact) mass is 322 g/mol. The zero-order chi connectivity index (χ0) is 16.9. The predicted octanol–water partition coefficient (Wildman–Crippen LogP) is 1.01. The van der Waals surface area contributed by atoms with Crippen LogP contribution in [0.4, 0.5) is 8.78 Å². The molecule has 0 bridgehead atoms. The first-order valence-electron chi connectivity index (χ1n) is 6.67. The Morgan fingerprint density at radius 3 is 2.87 bits per heavy atom. The highest BCUT2D eigenvalue weighted by Gasteiger charge is 2.34. The molecule has 2 N–H and O–H groups in total. The summed E-state index contributed by atoms with van der Waals surface area (Å²) in [5.74, 6) is -1.59. The van der Waals surface area contributed by atoms with Crippen LogP contribution in [-0.2, 0) is 12.1 Å². The number of aliphatic hydroxyl groups is 1. The summed E-state index contributed by atoms with van der Waals surface area (Å²) in [6, 6.07) is 2.99. The molecule has 9 heteroatoms. The van der Waals surface area contributed by atoms with Gasteiger partial charge >= 0.3 is 0 Å². The second-order valence-electron chi connectivity index (χ2n) is 5.06. The first-order chi connectivity index (χ1) is 10.9. The standard InChI is InChI=1S/C14H16F2N6O/c1-21(9-18-7-17)5-14(23,6-22-10-19-8-20-22)12-3-2-11(15)4-13(12)16/h2-4,7-10,17,23H,5-6H2,1H3. The Kier molecular flexibility index (Phi) is 5.12. The number of likely N-dealkylation sites (N-methyl/N-ethyl adjacent to an activating group) is 1. The first kappa shape index (κ1) is 16.7. The van der Waals surface area contributed by atoms with E-state index in [1.165, 1.54) is 34.6 Å². The lowest BCUT2D eigenvalue weighted by atomic mass is 9.92. The molecule has 0 radical (unpaired) electrons. The van der Waals surface area contributed by atoms with Crippen molar-refractivity contribution in [1.82, 2.24) is 19.7 Å². The number of aliphatic imine (C=N–C) groups is 1. The molecule has 0 saturated heterocycles. The maximum absolute atomic E-state index is 14.1. The highest BCUT2D eigenvalue weighted by Crippen LogP contribution is 2.27. The zero-order valence-electron chi connectivity index (χ0n) is 12.4. The minimum Gasteiger partial charge on any atom is -0.381 e. The maximum atomic E-state index is 14.1.